The first kappa shape index (κ1) is 23.4. The molecule has 1 aliphatic heterocycles. The van der Waals surface area contributed by atoms with Crippen LogP contribution in [0.3, 0.4) is 0 Å². The summed E-state index contributed by atoms with van der Waals surface area (Å²) in [5.41, 5.74) is 4.08. The van der Waals surface area contributed by atoms with Crippen molar-refractivity contribution >= 4 is 35.0 Å². The molecule has 5 heteroatoms. The molecule has 31 heavy (non-hydrogen) atoms. The average Bonchev–Trinajstić information content (AvgIpc) is 3.16. The Kier molecular flexibility index (Phi) is 8.19. The predicted octanol–water partition coefficient (Wildman–Crippen LogP) is 6.74. The molecule has 2 atom stereocenters. The molecule has 1 heterocycles. The summed E-state index contributed by atoms with van der Waals surface area (Å²) in [6.07, 6.45) is 3.97. The number of carbonyl (C=O) groups is 2. The van der Waals surface area contributed by atoms with Gasteiger partial charge in [-0.05, 0) is 54.2 Å². The van der Waals surface area contributed by atoms with E-state index in [2.05, 4.69) is 45.1 Å². The van der Waals surface area contributed by atoms with Crippen molar-refractivity contribution in [2.24, 2.45) is 5.92 Å². The summed E-state index contributed by atoms with van der Waals surface area (Å²) in [4.78, 5) is 27.1. The first-order valence-electron chi connectivity index (χ1n) is 11.4. The zero-order valence-corrected chi connectivity index (χ0v) is 19.9. The Morgan fingerprint density at radius 2 is 1.77 bits per heavy atom. The molecule has 2 amide bonds. The molecule has 4 nitrogen and oxygen atoms in total. The Balaban J connectivity index is 1.72. The van der Waals surface area contributed by atoms with E-state index in [0.717, 1.165) is 42.6 Å². The second-order valence-electron chi connectivity index (χ2n) is 8.53. The van der Waals surface area contributed by atoms with Gasteiger partial charge in [0.25, 0.3) is 0 Å². The van der Waals surface area contributed by atoms with Crippen LogP contribution in [-0.4, -0.2) is 17.6 Å². The number of amides is 2. The van der Waals surface area contributed by atoms with Gasteiger partial charge in [0, 0.05) is 17.3 Å². The molecule has 1 N–H and O–H groups in total. The van der Waals surface area contributed by atoms with Gasteiger partial charge in [0.2, 0.25) is 11.8 Å². The molecule has 0 saturated carbocycles. The van der Waals surface area contributed by atoms with Gasteiger partial charge in [-0.15, -0.1) is 11.8 Å². The fourth-order valence-electron chi connectivity index (χ4n) is 3.92. The summed E-state index contributed by atoms with van der Waals surface area (Å²) < 4.78 is 0. The number of thioether (sulfide) groups is 1. The van der Waals surface area contributed by atoms with Gasteiger partial charge in [-0.25, -0.2) is 0 Å². The number of nitrogens with one attached hydrogen (secondary N) is 1. The Morgan fingerprint density at radius 1 is 1.10 bits per heavy atom. The Morgan fingerprint density at radius 3 is 2.35 bits per heavy atom. The van der Waals surface area contributed by atoms with Crippen molar-refractivity contribution in [3.63, 3.8) is 0 Å². The fourth-order valence-corrected chi connectivity index (χ4v) is 5.09. The number of benzene rings is 2. The summed E-state index contributed by atoms with van der Waals surface area (Å²) >= 11 is 1.64. The zero-order chi connectivity index (χ0) is 22.4. The minimum atomic E-state index is -0.0462. The van der Waals surface area contributed by atoms with E-state index in [9.17, 15) is 9.59 Å². The van der Waals surface area contributed by atoms with Crippen molar-refractivity contribution in [1.82, 2.24) is 0 Å². The zero-order valence-electron chi connectivity index (χ0n) is 19.1. The van der Waals surface area contributed by atoms with E-state index < -0.39 is 0 Å². The molecule has 0 spiro atoms. The SMILES string of the molecule is CCCCC(CC)C(=O)Nc1ccc(C2SCC(=O)N2c2ccc(C(C)C)cc2)cc1. The molecule has 2 aromatic carbocycles. The first-order valence-corrected chi connectivity index (χ1v) is 12.4. The van der Waals surface area contributed by atoms with Crippen molar-refractivity contribution in [1.29, 1.82) is 0 Å². The molecule has 0 bridgehead atoms. The number of anilines is 2. The maximum absolute atomic E-state index is 12.6. The molecule has 0 aliphatic carbocycles. The first-order chi connectivity index (χ1) is 14.9. The van der Waals surface area contributed by atoms with Gasteiger partial charge in [0.1, 0.15) is 5.37 Å². The molecule has 2 unspecified atom stereocenters. The van der Waals surface area contributed by atoms with Gasteiger partial charge < -0.3 is 5.32 Å². The van der Waals surface area contributed by atoms with E-state index in [1.807, 2.05) is 41.3 Å². The third-order valence-corrected chi connectivity index (χ3v) is 7.15. The van der Waals surface area contributed by atoms with Crippen LogP contribution in [-0.2, 0) is 9.59 Å². The highest BCUT2D eigenvalue weighted by atomic mass is 32.2. The Bertz CT molecular complexity index is 877. The van der Waals surface area contributed by atoms with Crippen LogP contribution in [0.4, 0.5) is 11.4 Å². The molecule has 3 rings (SSSR count). The fraction of sp³-hybridized carbons (Fsp3) is 0.462. The van der Waals surface area contributed by atoms with Gasteiger partial charge in [-0.3, -0.25) is 14.5 Å². The molecule has 2 aromatic rings. The average molecular weight is 439 g/mol. The van der Waals surface area contributed by atoms with Crippen LogP contribution in [0, 0.1) is 5.92 Å². The Labute approximate surface area is 190 Å². The highest BCUT2D eigenvalue weighted by Gasteiger charge is 2.34. The lowest BCUT2D eigenvalue weighted by atomic mass is 9.98. The second-order valence-corrected chi connectivity index (χ2v) is 9.60. The monoisotopic (exact) mass is 438 g/mol. The third-order valence-electron chi connectivity index (χ3n) is 5.94. The van der Waals surface area contributed by atoms with Gasteiger partial charge in [0.05, 0.1) is 5.75 Å². The van der Waals surface area contributed by atoms with Crippen molar-refractivity contribution in [2.75, 3.05) is 16.0 Å². The van der Waals surface area contributed by atoms with Crippen LogP contribution < -0.4 is 10.2 Å². The quantitative estimate of drug-likeness (QED) is 0.471. The summed E-state index contributed by atoms with van der Waals surface area (Å²) in [6.45, 7) is 8.56. The lowest BCUT2D eigenvalue weighted by molar-refractivity contribution is -0.120. The van der Waals surface area contributed by atoms with E-state index in [1.165, 1.54) is 5.56 Å². The number of carbonyl (C=O) groups excluding carboxylic acids is 2. The third kappa shape index (κ3) is 5.70. The smallest absolute Gasteiger partial charge is 0.238 e. The summed E-state index contributed by atoms with van der Waals surface area (Å²) in [5.74, 6) is 1.23. The van der Waals surface area contributed by atoms with Gasteiger partial charge in [-0.1, -0.05) is 64.8 Å². The van der Waals surface area contributed by atoms with Crippen molar-refractivity contribution in [3.05, 3.63) is 59.7 Å². The highest BCUT2D eigenvalue weighted by Crippen LogP contribution is 2.42. The molecule has 166 valence electrons. The van der Waals surface area contributed by atoms with Crippen molar-refractivity contribution < 1.29 is 9.59 Å². The molecule has 0 aromatic heterocycles. The van der Waals surface area contributed by atoms with Crippen LogP contribution in [0.5, 0.6) is 0 Å². The van der Waals surface area contributed by atoms with E-state index in [-0.39, 0.29) is 23.1 Å². The number of rotatable bonds is 9. The second kappa shape index (κ2) is 10.9. The molecule has 1 saturated heterocycles. The molecule has 0 radical (unpaired) electrons. The van der Waals surface area contributed by atoms with Gasteiger partial charge in [-0.2, -0.15) is 0 Å². The predicted molar refractivity (Wildman–Crippen MR) is 132 cm³/mol. The van der Waals surface area contributed by atoms with Gasteiger partial charge in [0.15, 0.2) is 0 Å². The maximum atomic E-state index is 12.6. The normalized spacial score (nSPS) is 17.3. The lowest BCUT2D eigenvalue weighted by Gasteiger charge is -2.25. The minimum absolute atomic E-state index is 0.0462. The summed E-state index contributed by atoms with van der Waals surface area (Å²) in [6, 6.07) is 16.2. The number of hydrogen-bond donors (Lipinski definition) is 1. The molecule has 1 aliphatic rings. The number of nitrogens with zero attached hydrogens (tertiary/aromatic N) is 1. The van der Waals surface area contributed by atoms with E-state index in [4.69, 9.17) is 0 Å². The van der Waals surface area contributed by atoms with Crippen molar-refractivity contribution in [3.8, 4) is 0 Å². The van der Waals surface area contributed by atoms with E-state index >= 15 is 0 Å². The van der Waals surface area contributed by atoms with Crippen molar-refractivity contribution in [2.45, 2.75) is 64.7 Å². The van der Waals surface area contributed by atoms with Crippen LogP contribution in [0.2, 0.25) is 0 Å². The van der Waals surface area contributed by atoms with Crippen LogP contribution in [0.25, 0.3) is 0 Å². The standard InChI is InChI=1S/C26H34N2O2S/c1-5-7-8-19(6-2)25(30)27-22-13-9-21(10-14-22)26-28(24(29)17-31-26)23-15-11-20(12-16-23)18(3)4/h9-16,18-19,26H,5-8,17H2,1-4H3,(H,27,30). The number of hydrogen-bond acceptors (Lipinski definition) is 3. The highest BCUT2D eigenvalue weighted by molar-refractivity contribution is 8.00. The summed E-state index contributed by atoms with van der Waals surface area (Å²) in [5, 5.41) is 3.02. The van der Waals surface area contributed by atoms with Crippen LogP contribution >= 0.6 is 11.8 Å². The van der Waals surface area contributed by atoms with Gasteiger partial charge >= 0.3 is 0 Å². The molecular weight excluding hydrogens is 404 g/mol. The topological polar surface area (TPSA) is 49.4 Å². The Hall–Kier alpha value is -2.27. The van der Waals surface area contributed by atoms with Crippen LogP contribution in [0.1, 0.15) is 75.8 Å². The lowest BCUT2D eigenvalue weighted by Crippen LogP contribution is -2.27. The molecular formula is C26H34N2O2S. The van der Waals surface area contributed by atoms with E-state index in [0.29, 0.717) is 11.7 Å². The van der Waals surface area contributed by atoms with E-state index in [1.54, 1.807) is 11.8 Å². The largest absolute Gasteiger partial charge is 0.326 e. The minimum Gasteiger partial charge on any atom is -0.326 e. The van der Waals surface area contributed by atoms with Crippen LogP contribution in [0.15, 0.2) is 48.5 Å². The number of unbranched alkanes of at least 4 members (excludes halogenated alkanes) is 1. The maximum Gasteiger partial charge on any atom is 0.238 e. The molecule has 1 fully saturated rings. The summed E-state index contributed by atoms with van der Waals surface area (Å²) in [7, 11) is 0.